The number of nitrogens with zero attached hydrogens (tertiary/aromatic N) is 17. The number of piperazine rings is 3. The van der Waals surface area contributed by atoms with Crippen molar-refractivity contribution in [2.24, 2.45) is 0 Å². The van der Waals surface area contributed by atoms with Gasteiger partial charge in [-0.1, -0.05) is 48.3 Å². The van der Waals surface area contributed by atoms with E-state index in [2.05, 4.69) is 104 Å². The smallest absolute Gasteiger partial charge is 0.444 e. The van der Waals surface area contributed by atoms with Crippen LogP contribution >= 0.6 is 50.7 Å². The van der Waals surface area contributed by atoms with Crippen LogP contribution in [0.1, 0.15) is 76.7 Å². The predicted octanol–water partition coefficient (Wildman–Crippen LogP) is 21.7. The van der Waals surface area contributed by atoms with Gasteiger partial charge in [0.25, 0.3) is 0 Å². The van der Waals surface area contributed by atoms with Gasteiger partial charge in [0.15, 0.2) is 16.9 Å². The van der Waals surface area contributed by atoms with Crippen molar-refractivity contribution in [3.8, 4) is 89.4 Å². The van der Waals surface area contributed by atoms with Crippen LogP contribution in [0.2, 0.25) is 15.1 Å². The van der Waals surface area contributed by atoms with Crippen molar-refractivity contribution in [3.63, 3.8) is 0 Å². The van der Waals surface area contributed by atoms with Crippen LogP contribution < -0.4 is 25.5 Å². The molecule has 33 heteroatoms. The third-order valence-electron chi connectivity index (χ3n) is 22.9. The molecule has 4 saturated heterocycles. The van der Waals surface area contributed by atoms with Gasteiger partial charge in [0, 0.05) is 250 Å². The number of pyridine rings is 12. The van der Waals surface area contributed by atoms with Gasteiger partial charge in [0.1, 0.15) is 52.9 Å². The number of halogens is 7. The van der Waals surface area contributed by atoms with E-state index in [1.165, 1.54) is 36.4 Å². The Bertz CT molecular complexity index is 6740. The van der Waals surface area contributed by atoms with E-state index in [0.717, 1.165) is 138 Å². The molecule has 15 aromatic rings. The average Bonchev–Trinajstić information content (AvgIpc) is 1.16. The fraction of sp³-hybridized carbons (Fsp3) is 0.265. The maximum absolute atomic E-state index is 14.8. The summed E-state index contributed by atoms with van der Waals surface area (Å²) in [5, 5.41) is 7.22. The standard InChI is InChI=1S/C33H30ClFN6O2.C28H22ClFN6.C20H32BN3O4.C19H10BrClFN3.CH2O.CH4/c1-33(2,3)43-32(42)41-13-11-40(12-14-41)30-9-6-21(20-38-30)22-15-23(19-36-18-22)26-17-29(27-16-24(34)7-8-28(27)35)39-31-25(26)5-4-10-37-31;29-21-4-5-25(30)24(13-21)26-14-23(22-2-1-7-33-28(22)35-26)20-12-19(15-32-16-20)18-3-6-27(34-17-18)36-10-8-31-9-11-36;1-18(2,3)26-17(25)24-12-10-23(11-13-24)16-9-8-15(14-22-16)21-27-19(4,5)20(6,7)28-21;20-12-6-11(9-23-10-12)15-8-18(16-7-13(21)3-4-17(16)22)25-19-14(15)2-1-5-24-19;1-2;/h4-10,15-20H,11-14H2,1-3H3;1-7,12-17,31H,8-11H2;8-9,14H,10-13H2,1-7H3;1-10H;1H2;1H4. The highest BCUT2D eigenvalue weighted by molar-refractivity contribution is 9.10. The maximum atomic E-state index is 14.8. The Morgan fingerprint density at radius 3 is 1.09 bits per heavy atom. The summed E-state index contributed by atoms with van der Waals surface area (Å²) in [6.45, 7) is 30.4. The summed E-state index contributed by atoms with van der Waals surface area (Å²) in [6.07, 6.45) is 20.6. The molecule has 0 radical (unpaired) electrons. The molecule has 19 rings (SSSR count). The molecule has 12 aromatic heterocycles. The molecule has 1 N–H and O–H groups in total. The maximum Gasteiger partial charge on any atom is 0.496 e. The van der Waals surface area contributed by atoms with Crippen molar-refractivity contribution < 1.29 is 46.3 Å². The molecule has 0 spiro atoms. The van der Waals surface area contributed by atoms with E-state index in [-0.39, 0.29) is 36.6 Å². The second kappa shape index (κ2) is 42.7. The number of carbonyl (C=O) groups excluding carboxylic acids is 3. The topological polar surface area (TPSA) is 271 Å². The van der Waals surface area contributed by atoms with Crippen LogP contribution in [0.3, 0.4) is 0 Å². The zero-order chi connectivity index (χ0) is 94.8. The van der Waals surface area contributed by atoms with E-state index in [1.807, 2.05) is 192 Å². The Morgan fingerprint density at radius 1 is 0.407 bits per heavy atom. The van der Waals surface area contributed by atoms with Crippen molar-refractivity contribution in [2.75, 3.05) is 93.2 Å². The number of nitrogens with one attached hydrogen (secondary N) is 1. The van der Waals surface area contributed by atoms with Gasteiger partial charge in [-0.15, -0.1) is 0 Å². The van der Waals surface area contributed by atoms with Gasteiger partial charge in [-0.05, 0) is 260 Å². The highest BCUT2D eigenvalue weighted by Crippen LogP contribution is 2.41. The SMILES string of the molecule is C.C=O.CC(C)(C)OC(=O)N1CCN(c2ccc(-c3cncc(-c4cc(-c5cc(Cl)ccc5F)nc5ncccc45)c3)cn2)CC1.CC(C)(C)OC(=O)N1CCN(c2ccc(B3OC(C)(C)C(C)(C)O3)cn2)CC1.Fc1ccc(Cl)cc1-c1cc(-c2cncc(-c3ccc(N4CCNCC4)nc3)c2)c2cccnc2n1.Fc1ccc(Cl)cc1-c1cc(-c2cncc(Br)c2)c2cccnc2n1. The van der Waals surface area contributed by atoms with Gasteiger partial charge in [0.2, 0.25) is 0 Å². The quantitative estimate of drug-likeness (QED) is 0.111. The summed E-state index contributed by atoms with van der Waals surface area (Å²) in [4.78, 5) is 96.9. The van der Waals surface area contributed by atoms with Gasteiger partial charge in [-0.3, -0.25) is 15.0 Å². The number of anilines is 3. The number of hydrogen-bond acceptors (Lipinski definition) is 23. The predicted molar refractivity (Wildman–Crippen MR) is 533 cm³/mol. The highest BCUT2D eigenvalue weighted by Gasteiger charge is 2.52. The first-order chi connectivity index (χ1) is 64.3. The minimum absolute atomic E-state index is 0. The van der Waals surface area contributed by atoms with E-state index >= 15 is 0 Å². The normalized spacial score (nSPS) is 14.6. The van der Waals surface area contributed by atoms with E-state index in [4.69, 9.17) is 68.3 Å². The first-order valence-corrected chi connectivity index (χ1v) is 45.3. The third kappa shape index (κ3) is 23.8. The van der Waals surface area contributed by atoms with Crippen molar-refractivity contribution in [2.45, 2.75) is 99.1 Å². The van der Waals surface area contributed by atoms with Crippen LogP contribution in [0, 0.1) is 17.5 Å². The van der Waals surface area contributed by atoms with Gasteiger partial charge in [-0.2, -0.15) is 0 Å². The number of benzene rings is 3. The Kier molecular flexibility index (Phi) is 31.0. The van der Waals surface area contributed by atoms with Crippen LogP contribution in [0.15, 0.2) is 243 Å². The van der Waals surface area contributed by atoms with E-state index in [9.17, 15) is 22.8 Å². The van der Waals surface area contributed by atoms with Gasteiger partial charge in [0.05, 0.1) is 28.3 Å². The van der Waals surface area contributed by atoms with Crippen LogP contribution in [-0.2, 0) is 23.6 Å². The summed E-state index contributed by atoms with van der Waals surface area (Å²) in [5.74, 6) is 1.52. The first kappa shape index (κ1) is 97.9. The lowest BCUT2D eigenvalue weighted by Crippen LogP contribution is -2.50. The van der Waals surface area contributed by atoms with Gasteiger partial charge < -0.3 is 53.4 Å². The van der Waals surface area contributed by atoms with Crippen LogP contribution in [0.25, 0.3) is 123 Å². The number of ether oxygens (including phenoxy) is 2. The molecule has 135 heavy (non-hydrogen) atoms. The van der Waals surface area contributed by atoms with E-state index < -0.39 is 30.0 Å². The summed E-state index contributed by atoms with van der Waals surface area (Å²) in [6, 6.07) is 48.4. The summed E-state index contributed by atoms with van der Waals surface area (Å²) in [7, 11) is -0.407. The second-order valence-electron chi connectivity index (χ2n) is 35.0. The van der Waals surface area contributed by atoms with Crippen molar-refractivity contribution >= 4 is 133 Å². The fourth-order valence-electron chi connectivity index (χ4n) is 15.4. The van der Waals surface area contributed by atoms with Crippen molar-refractivity contribution in [3.05, 3.63) is 275 Å². The molecular weight excluding hydrogens is 1840 g/mol. The molecule has 4 aliphatic heterocycles. The molecule has 0 aliphatic carbocycles. The highest BCUT2D eigenvalue weighted by atomic mass is 79.9. The van der Waals surface area contributed by atoms with Gasteiger partial charge >= 0.3 is 19.3 Å². The number of aromatic nitrogens is 12. The Morgan fingerprint density at radius 2 is 0.748 bits per heavy atom. The lowest BCUT2D eigenvalue weighted by Gasteiger charge is -2.36. The zero-order valence-electron chi connectivity index (χ0n) is 75.4. The lowest BCUT2D eigenvalue weighted by molar-refractivity contribution is -0.0980. The molecule has 0 unspecified atom stereocenters. The average molecular weight is 1940 g/mol. The van der Waals surface area contributed by atoms with Crippen LogP contribution in [0.5, 0.6) is 0 Å². The minimum Gasteiger partial charge on any atom is -0.444 e. The second-order valence-corrected chi connectivity index (χ2v) is 37.2. The summed E-state index contributed by atoms with van der Waals surface area (Å²) >= 11 is 21.8. The number of fused-ring (bicyclic) bond motifs is 3. The Labute approximate surface area is 805 Å². The largest absolute Gasteiger partial charge is 0.496 e. The number of amides is 2. The molecule has 2 amide bonds. The molecular formula is C102H100BBrCl3F3N18O7. The zero-order valence-corrected chi connectivity index (χ0v) is 79.2. The number of carbonyl (C=O) groups is 3. The van der Waals surface area contributed by atoms with Gasteiger partial charge in [-0.25, -0.2) is 67.6 Å². The fourth-order valence-corrected chi connectivity index (χ4v) is 16.3. The number of hydrogen-bond donors (Lipinski definition) is 1. The number of rotatable bonds is 12. The third-order valence-corrected chi connectivity index (χ3v) is 24.0. The van der Waals surface area contributed by atoms with E-state index in [0.29, 0.717) is 105 Å². The Hall–Kier alpha value is -13.1. The minimum atomic E-state index is -0.518. The summed E-state index contributed by atoms with van der Waals surface area (Å²) in [5.41, 5.74) is 12.0. The monoisotopic (exact) mass is 1940 g/mol. The molecule has 0 bridgehead atoms. The molecule has 4 aliphatic rings. The van der Waals surface area contributed by atoms with E-state index in [1.54, 1.807) is 77.6 Å². The summed E-state index contributed by atoms with van der Waals surface area (Å²) < 4.78 is 67.8. The molecule has 4 fully saturated rings. The first-order valence-electron chi connectivity index (χ1n) is 43.4. The van der Waals surface area contributed by atoms with Crippen molar-refractivity contribution in [1.82, 2.24) is 74.9 Å². The molecule has 0 atom stereocenters. The molecule has 25 nitrogen and oxygen atoms in total. The van der Waals surface area contributed by atoms with Crippen LogP contribution in [-0.4, -0.2) is 197 Å². The van der Waals surface area contributed by atoms with Crippen LogP contribution in [0.4, 0.5) is 40.2 Å². The van der Waals surface area contributed by atoms with Crippen molar-refractivity contribution in [1.29, 1.82) is 0 Å². The molecule has 0 saturated carbocycles. The molecule has 692 valence electrons. The lowest BCUT2D eigenvalue weighted by atomic mass is 9.80. The molecule has 3 aromatic carbocycles. The molecule has 16 heterocycles. The Balaban J connectivity index is 0.000000146.